The van der Waals surface area contributed by atoms with E-state index in [4.69, 9.17) is 14.2 Å². The molecule has 12 nitrogen and oxygen atoms in total. The predicted molar refractivity (Wildman–Crippen MR) is 212 cm³/mol. The number of ether oxygens (including phenoxy) is 3. The fourth-order valence-corrected chi connectivity index (χ4v) is 5.05. The molecule has 7 aromatic carbocycles. The van der Waals surface area contributed by atoms with Crippen molar-refractivity contribution in [2.75, 3.05) is 0 Å². The molecule has 0 aliphatic carbocycles. The van der Waals surface area contributed by atoms with Crippen LogP contribution in [0.1, 0.15) is 31.1 Å². The number of carbonyl (C=O) groups excluding carboxylic acids is 3. The first kappa shape index (κ1) is 37.1. The molecule has 276 valence electrons. The lowest BCUT2D eigenvalue weighted by molar-refractivity contribution is 0.0734. The maximum atomic E-state index is 13.5. The van der Waals surface area contributed by atoms with E-state index >= 15 is 0 Å². The Morgan fingerprint density at radius 2 is 0.491 bits per heavy atom. The molecule has 0 unspecified atom stereocenters. The second-order valence-electron chi connectivity index (χ2n) is 12.1. The molecule has 0 saturated carbocycles. The van der Waals surface area contributed by atoms with Crippen molar-refractivity contribution in [3.8, 4) is 17.2 Å². The molecule has 0 heterocycles. The van der Waals surface area contributed by atoms with Gasteiger partial charge in [-0.25, -0.2) is 14.4 Å². The van der Waals surface area contributed by atoms with Crippen LogP contribution in [0.5, 0.6) is 17.2 Å². The van der Waals surface area contributed by atoms with E-state index in [1.54, 1.807) is 72.8 Å². The molecule has 0 fully saturated rings. The zero-order valence-electron chi connectivity index (χ0n) is 30.0. The van der Waals surface area contributed by atoms with E-state index in [9.17, 15) is 14.4 Å². The van der Waals surface area contributed by atoms with Gasteiger partial charge in [0, 0.05) is 0 Å². The number of rotatable bonds is 12. The second-order valence-corrected chi connectivity index (χ2v) is 12.1. The van der Waals surface area contributed by atoms with Gasteiger partial charge in [0.1, 0.15) is 17.2 Å². The third-order valence-corrected chi connectivity index (χ3v) is 7.89. The topological polar surface area (TPSA) is 153 Å². The highest BCUT2D eigenvalue weighted by Crippen LogP contribution is 2.26. The normalized spacial score (nSPS) is 11.2. The van der Waals surface area contributed by atoms with Crippen LogP contribution in [0.25, 0.3) is 0 Å². The lowest BCUT2D eigenvalue weighted by Crippen LogP contribution is -2.16. The van der Waals surface area contributed by atoms with E-state index in [2.05, 4.69) is 30.7 Å². The van der Waals surface area contributed by atoms with Crippen molar-refractivity contribution in [1.82, 2.24) is 0 Å². The number of nitrogens with zero attached hydrogens (tertiary/aromatic N) is 6. The van der Waals surface area contributed by atoms with Crippen LogP contribution in [0.2, 0.25) is 0 Å². The summed E-state index contributed by atoms with van der Waals surface area (Å²) in [5.74, 6) is -1.91. The maximum absolute atomic E-state index is 13.5. The molecule has 57 heavy (non-hydrogen) atoms. The molecule has 0 radical (unpaired) electrons. The first-order valence-corrected chi connectivity index (χ1v) is 17.5. The minimum atomic E-state index is -0.835. The Morgan fingerprint density at radius 1 is 0.281 bits per heavy atom. The summed E-state index contributed by atoms with van der Waals surface area (Å²) in [5.41, 5.74) is 3.36. The third-order valence-electron chi connectivity index (χ3n) is 7.89. The second kappa shape index (κ2) is 18.2. The van der Waals surface area contributed by atoms with Crippen LogP contribution in [0.15, 0.2) is 213 Å². The highest BCUT2D eigenvalue weighted by atomic mass is 16.5. The number of hydrogen-bond donors (Lipinski definition) is 0. The first-order chi connectivity index (χ1) is 27.9. The molecule has 12 heteroatoms. The van der Waals surface area contributed by atoms with Crippen molar-refractivity contribution in [3.05, 3.63) is 199 Å². The number of benzene rings is 7. The Balaban J connectivity index is 1.08. The first-order valence-electron chi connectivity index (χ1n) is 17.5. The van der Waals surface area contributed by atoms with E-state index in [0.717, 1.165) is 0 Å². The Kier molecular flexibility index (Phi) is 11.8. The zero-order chi connectivity index (χ0) is 39.2. The van der Waals surface area contributed by atoms with E-state index < -0.39 is 17.9 Å². The van der Waals surface area contributed by atoms with Gasteiger partial charge in [0.2, 0.25) is 0 Å². The fraction of sp³-hybridized carbons (Fsp3) is 0. The van der Waals surface area contributed by atoms with Gasteiger partial charge in [-0.2, -0.15) is 30.7 Å². The van der Waals surface area contributed by atoms with Crippen LogP contribution in [-0.4, -0.2) is 17.9 Å². The molecule has 7 aromatic rings. The summed E-state index contributed by atoms with van der Waals surface area (Å²) in [4.78, 5) is 40.4. The number of hydrogen-bond acceptors (Lipinski definition) is 12. The maximum Gasteiger partial charge on any atom is 0.343 e. The fourth-order valence-electron chi connectivity index (χ4n) is 5.05. The molecule has 0 N–H and O–H groups in total. The van der Waals surface area contributed by atoms with E-state index in [1.165, 1.54) is 18.2 Å². The highest BCUT2D eigenvalue weighted by molar-refractivity contribution is 6.02. The average molecular weight is 751 g/mol. The minimum absolute atomic E-state index is 0.0995. The van der Waals surface area contributed by atoms with Crippen LogP contribution in [0.4, 0.5) is 34.1 Å². The molecule has 7 rings (SSSR count). The molecular formula is C45H30N6O6. The highest BCUT2D eigenvalue weighted by Gasteiger charge is 2.20. The van der Waals surface area contributed by atoms with Gasteiger partial charge in [-0.3, -0.25) is 0 Å². The zero-order valence-corrected chi connectivity index (χ0v) is 30.0. The lowest BCUT2D eigenvalue weighted by atomic mass is 10.1. The summed E-state index contributed by atoms with van der Waals surface area (Å²) in [7, 11) is 0. The predicted octanol–water partition coefficient (Wildman–Crippen LogP) is 12.6. The Morgan fingerprint density at radius 3 is 0.719 bits per heavy atom. The summed E-state index contributed by atoms with van der Waals surface area (Å²) < 4.78 is 16.8. The van der Waals surface area contributed by atoms with Gasteiger partial charge in [-0.15, -0.1) is 0 Å². The van der Waals surface area contributed by atoms with Crippen molar-refractivity contribution < 1.29 is 28.6 Å². The smallest absolute Gasteiger partial charge is 0.343 e. The number of azo groups is 3. The standard InChI is InChI=1S/C45H30N6O6/c52-43(55-40-22-16-37(17-23-40)49-46-34-10-4-1-5-11-34)31-28-32(44(53)56-41-24-18-38(19-25-41)50-47-35-12-6-2-7-13-35)30-33(29-31)45(54)57-42-26-20-39(21-27-42)51-48-36-14-8-3-9-15-36/h1-30H. The molecule has 0 amide bonds. The van der Waals surface area contributed by atoms with Crippen LogP contribution in [-0.2, 0) is 0 Å². The quantitative estimate of drug-likeness (QED) is 0.0688. The molecule has 0 saturated heterocycles. The largest absolute Gasteiger partial charge is 0.423 e. The van der Waals surface area contributed by atoms with Crippen LogP contribution in [0.3, 0.4) is 0 Å². The summed E-state index contributed by atoms with van der Waals surface area (Å²) in [5, 5.41) is 25.2. The van der Waals surface area contributed by atoms with Crippen LogP contribution >= 0.6 is 0 Å². The minimum Gasteiger partial charge on any atom is -0.423 e. The molecule has 0 atom stereocenters. The van der Waals surface area contributed by atoms with Gasteiger partial charge in [0.15, 0.2) is 0 Å². The third kappa shape index (κ3) is 10.7. The van der Waals surface area contributed by atoms with Gasteiger partial charge in [0.05, 0.1) is 50.8 Å². The summed E-state index contributed by atoms with van der Waals surface area (Å²) in [6.07, 6.45) is 0. The SMILES string of the molecule is O=C(Oc1ccc(N=Nc2ccccc2)cc1)c1cc(C(=O)Oc2ccc(N=Nc3ccccc3)cc2)cc(C(=O)Oc2ccc(N=Nc3ccccc3)cc2)c1. The van der Waals surface area contributed by atoms with Gasteiger partial charge in [0.25, 0.3) is 0 Å². The van der Waals surface area contributed by atoms with Crippen LogP contribution < -0.4 is 14.2 Å². The van der Waals surface area contributed by atoms with Gasteiger partial charge in [-0.05, 0) is 127 Å². The van der Waals surface area contributed by atoms with Gasteiger partial charge >= 0.3 is 17.9 Å². The van der Waals surface area contributed by atoms with E-state index in [-0.39, 0.29) is 33.9 Å². The summed E-state index contributed by atoms with van der Waals surface area (Å²) in [6.45, 7) is 0. The molecule has 0 spiro atoms. The lowest BCUT2D eigenvalue weighted by Gasteiger charge is -2.11. The van der Waals surface area contributed by atoms with Crippen molar-refractivity contribution in [2.45, 2.75) is 0 Å². The number of carbonyl (C=O) groups is 3. The summed E-state index contributed by atoms with van der Waals surface area (Å²) >= 11 is 0. The Bertz CT molecular complexity index is 2260. The molecule has 0 aliphatic rings. The number of esters is 3. The Labute approximate surface area is 326 Å². The Hall–Kier alpha value is -8.25. The van der Waals surface area contributed by atoms with Gasteiger partial charge < -0.3 is 14.2 Å². The molecule has 0 bridgehead atoms. The van der Waals surface area contributed by atoms with E-state index in [0.29, 0.717) is 34.1 Å². The summed E-state index contributed by atoms with van der Waals surface area (Å²) in [6, 6.07) is 50.6. The van der Waals surface area contributed by atoms with Gasteiger partial charge in [-0.1, -0.05) is 54.6 Å². The average Bonchev–Trinajstić information content (AvgIpc) is 3.26. The van der Waals surface area contributed by atoms with E-state index in [1.807, 2.05) is 91.0 Å². The van der Waals surface area contributed by atoms with Crippen molar-refractivity contribution >= 4 is 52.0 Å². The monoisotopic (exact) mass is 750 g/mol. The van der Waals surface area contributed by atoms with Crippen molar-refractivity contribution in [1.29, 1.82) is 0 Å². The molecule has 0 aromatic heterocycles. The molecular weight excluding hydrogens is 721 g/mol. The molecule has 0 aliphatic heterocycles. The van der Waals surface area contributed by atoms with Crippen LogP contribution in [0, 0.1) is 0 Å². The van der Waals surface area contributed by atoms with Crippen molar-refractivity contribution in [3.63, 3.8) is 0 Å². The van der Waals surface area contributed by atoms with Crippen molar-refractivity contribution in [2.24, 2.45) is 30.7 Å².